The zero-order chi connectivity index (χ0) is 19.2. The molecule has 2 aromatic rings. The average Bonchev–Trinajstić information content (AvgIpc) is 2.65. The Labute approximate surface area is 159 Å². The molecule has 7 heteroatoms. The van der Waals surface area contributed by atoms with E-state index in [9.17, 15) is 9.90 Å². The predicted octanol–water partition coefficient (Wildman–Crippen LogP) is 3.07. The van der Waals surface area contributed by atoms with Crippen molar-refractivity contribution >= 4 is 28.8 Å². The smallest absolute Gasteiger partial charge is 0.252 e. The summed E-state index contributed by atoms with van der Waals surface area (Å²) in [6, 6.07) is 9.95. The van der Waals surface area contributed by atoms with Gasteiger partial charge in [-0.05, 0) is 56.9 Å². The Hall–Kier alpha value is -2.80. The van der Waals surface area contributed by atoms with Crippen LogP contribution >= 0.6 is 0 Å². The summed E-state index contributed by atoms with van der Waals surface area (Å²) in [7, 11) is 0. The highest BCUT2D eigenvalue weighted by molar-refractivity contribution is 5.98. The van der Waals surface area contributed by atoms with Crippen molar-refractivity contribution in [2.45, 2.75) is 44.8 Å². The molecule has 0 atom stereocenters. The fourth-order valence-corrected chi connectivity index (χ4v) is 3.30. The van der Waals surface area contributed by atoms with Gasteiger partial charge in [-0.1, -0.05) is 0 Å². The maximum Gasteiger partial charge on any atom is 0.252 e. The van der Waals surface area contributed by atoms with Crippen LogP contribution in [0, 0.1) is 0 Å². The van der Waals surface area contributed by atoms with Gasteiger partial charge in [-0.3, -0.25) is 4.79 Å². The van der Waals surface area contributed by atoms with Crippen LogP contribution in [-0.4, -0.2) is 34.7 Å². The first-order valence-electron chi connectivity index (χ1n) is 9.40. The normalized spacial score (nSPS) is 19.3. The third-order valence-electron chi connectivity index (χ3n) is 4.76. The van der Waals surface area contributed by atoms with Gasteiger partial charge in [0.2, 0.25) is 0 Å². The number of anilines is 4. The van der Waals surface area contributed by atoms with Crippen LogP contribution in [0.4, 0.5) is 22.9 Å². The second kappa shape index (κ2) is 8.73. The maximum atomic E-state index is 11.8. The quantitative estimate of drug-likeness (QED) is 0.513. The van der Waals surface area contributed by atoms with Crippen LogP contribution in [0.15, 0.2) is 36.5 Å². The van der Waals surface area contributed by atoms with E-state index in [0.29, 0.717) is 17.1 Å². The van der Waals surface area contributed by atoms with E-state index in [4.69, 9.17) is 5.73 Å². The molecule has 1 aliphatic carbocycles. The van der Waals surface area contributed by atoms with E-state index in [1.54, 1.807) is 0 Å². The number of amides is 1. The van der Waals surface area contributed by atoms with E-state index in [1.165, 1.54) is 6.20 Å². The predicted molar refractivity (Wildman–Crippen MR) is 109 cm³/mol. The highest BCUT2D eigenvalue weighted by atomic mass is 16.3. The van der Waals surface area contributed by atoms with Crippen LogP contribution in [-0.2, 0) is 0 Å². The second-order valence-electron chi connectivity index (χ2n) is 6.86. The molecule has 0 radical (unpaired) electrons. The molecular formula is C20H27N5O2. The molecule has 1 saturated carbocycles. The molecule has 7 nitrogen and oxygen atoms in total. The summed E-state index contributed by atoms with van der Waals surface area (Å²) in [5, 5.41) is 19.6. The summed E-state index contributed by atoms with van der Waals surface area (Å²) >= 11 is 0. The summed E-state index contributed by atoms with van der Waals surface area (Å²) in [5.74, 6) is 0.122. The molecule has 1 amide bonds. The Morgan fingerprint density at radius 1 is 1.19 bits per heavy atom. The number of primary amides is 1. The van der Waals surface area contributed by atoms with E-state index >= 15 is 0 Å². The number of aromatic nitrogens is 1. The summed E-state index contributed by atoms with van der Waals surface area (Å²) in [5.41, 5.74) is 8.51. The summed E-state index contributed by atoms with van der Waals surface area (Å²) in [6.45, 7) is 2.92. The topological polar surface area (TPSA) is 112 Å². The number of carbonyl (C=O) groups is 1. The minimum absolute atomic E-state index is 0.209. The molecule has 27 heavy (non-hydrogen) atoms. The van der Waals surface area contributed by atoms with Gasteiger partial charge in [0.05, 0.1) is 17.4 Å². The first kappa shape index (κ1) is 19.0. The highest BCUT2D eigenvalue weighted by Crippen LogP contribution is 2.27. The summed E-state index contributed by atoms with van der Waals surface area (Å²) in [4.78, 5) is 16.1. The van der Waals surface area contributed by atoms with Crippen LogP contribution in [0.3, 0.4) is 0 Å². The Kier molecular flexibility index (Phi) is 6.13. The number of pyridine rings is 1. The number of hydrogen-bond acceptors (Lipinski definition) is 6. The van der Waals surface area contributed by atoms with E-state index in [-0.39, 0.29) is 12.1 Å². The SMILES string of the molecule is CCNc1ccc(Nc2cc(NC3CCC(O)CC3)c(C(N)=O)cn2)cc1. The van der Waals surface area contributed by atoms with Crippen molar-refractivity contribution in [3.8, 4) is 0 Å². The van der Waals surface area contributed by atoms with Gasteiger partial charge in [0.25, 0.3) is 5.91 Å². The number of benzene rings is 1. The van der Waals surface area contributed by atoms with Crippen LogP contribution in [0.5, 0.6) is 0 Å². The van der Waals surface area contributed by atoms with Crippen molar-refractivity contribution in [3.63, 3.8) is 0 Å². The number of nitrogens with one attached hydrogen (secondary N) is 3. The Morgan fingerprint density at radius 2 is 1.85 bits per heavy atom. The van der Waals surface area contributed by atoms with E-state index in [1.807, 2.05) is 30.3 Å². The third kappa shape index (κ3) is 5.10. The van der Waals surface area contributed by atoms with E-state index < -0.39 is 5.91 Å². The van der Waals surface area contributed by atoms with Crippen molar-refractivity contribution in [2.75, 3.05) is 22.5 Å². The zero-order valence-electron chi connectivity index (χ0n) is 15.5. The lowest BCUT2D eigenvalue weighted by atomic mass is 9.93. The molecule has 1 aliphatic rings. The van der Waals surface area contributed by atoms with Crippen LogP contribution in [0.1, 0.15) is 43.0 Å². The lowest BCUT2D eigenvalue weighted by Crippen LogP contribution is -2.29. The number of aliphatic hydroxyl groups excluding tert-OH is 1. The number of rotatable bonds is 7. The van der Waals surface area contributed by atoms with E-state index in [2.05, 4.69) is 27.9 Å². The summed E-state index contributed by atoms with van der Waals surface area (Å²) in [6.07, 6.45) is 4.51. The standard InChI is InChI=1S/C20H27N5O2/c1-2-22-13-3-5-15(6-4-13)25-19-11-18(17(12-23-19)20(21)27)24-14-7-9-16(26)10-8-14/h3-6,11-12,14,16,22,26H,2,7-10H2,1H3,(H2,21,27)(H2,23,24,25). The van der Waals surface area contributed by atoms with Gasteiger partial charge in [0, 0.05) is 36.2 Å². The second-order valence-corrected chi connectivity index (χ2v) is 6.86. The van der Waals surface area contributed by atoms with Gasteiger partial charge in [-0.15, -0.1) is 0 Å². The van der Waals surface area contributed by atoms with Crippen molar-refractivity contribution < 1.29 is 9.90 Å². The lowest BCUT2D eigenvalue weighted by molar-refractivity contribution is 0.1000. The number of hydrogen-bond donors (Lipinski definition) is 5. The molecule has 0 unspecified atom stereocenters. The minimum Gasteiger partial charge on any atom is -0.393 e. The van der Waals surface area contributed by atoms with Crippen molar-refractivity contribution in [2.24, 2.45) is 5.73 Å². The van der Waals surface area contributed by atoms with Gasteiger partial charge in [-0.2, -0.15) is 0 Å². The molecule has 1 fully saturated rings. The number of nitrogens with two attached hydrogens (primary N) is 1. The Balaban J connectivity index is 1.75. The molecule has 6 N–H and O–H groups in total. The van der Waals surface area contributed by atoms with Gasteiger partial charge < -0.3 is 26.8 Å². The van der Waals surface area contributed by atoms with E-state index in [0.717, 1.165) is 43.6 Å². The van der Waals surface area contributed by atoms with Crippen LogP contribution in [0.2, 0.25) is 0 Å². The third-order valence-corrected chi connectivity index (χ3v) is 4.76. The van der Waals surface area contributed by atoms with Gasteiger partial charge in [0.1, 0.15) is 5.82 Å². The average molecular weight is 369 g/mol. The molecule has 1 aromatic carbocycles. The molecule has 0 saturated heterocycles. The largest absolute Gasteiger partial charge is 0.393 e. The first-order valence-corrected chi connectivity index (χ1v) is 9.40. The monoisotopic (exact) mass is 369 g/mol. The minimum atomic E-state index is -0.512. The number of aliphatic hydroxyl groups is 1. The van der Waals surface area contributed by atoms with Gasteiger partial charge >= 0.3 is 0 Å². The van der Waals surface area contributed by atoms with Crippen LogP contribution in [0.25, 0.3) is 0 Å². The van der Waals surface area contributed by atoms with Crippen LogP contribution < -0.4 is 21.7 Å². The Bertz CT molecular complexity index is 770. The molecular weight excluding hydrogens is 342 g/mol. The first-order chi connectivity index (χ1) is 13.0. The maximum absolute atomic E-state index is 11.8. The van der Waals surface area contributed by atoms with Crippen molar-refractivity contribution in [1.82, 2.24) is 4.98 Å². The van der Waals surface area contributed by atoms with Gasteiger partial charge in [0.15, 0.2) is 0 Å². The Morgan fingerprint density at radius 3 is 2.48 bits per heavy atom. The number of nitrogens with zero attached hydrogens (tertiary/aromatic N) is 1. The van der Waals surface area contributed by atoms with Crippen molar-refractivity contribution in [1.29, 1.82) is 0 Å². The summed E-state index contributed by atoms with van der Waals surface area (Å²) < 4.78 is 0. The fourth-order valence-electron chi connectivity index (χ4n) is 3.30. The lowest BCUT2D eigenvalue weighted by Gasteiger charge is -2.27. The molecule has 1 heterocycles. The molecule has 144 valence electrons. The molecule has 3 rings (SSSR count). The molecule has 0 aliphatic heterocycles. The fraction of sp³-hybridized carbons (Fsp3) is 0.400. The molecule has 0 spiro atoms. The van der Waals surface area contributed by atoms with Gasteiger partial charge in [-0.25, -0.2) is 4.98 Å². The molecule has 0 bridgehead atoms. The van der Waals surface area contributed by atoms with Crippen molar-refractivity contribution in [3.05, 3.63) is 42.1 Å². The highest BCUT2D eigenvalue weighted by Gasteiger charge is 2.21. The molecule has 1 aromatic heterocycles. The number of carbonyl (C=O) groups excluding carboxylic acids is 1. The zero-order valence-corrected chi connectivity index (χ0v) is 15.5.